The number of nitrogens with zero attached hydrogens (tertiary/aromatic N) is 2. The summed E-state index contributed by atoms with van der Waals surface area (Å²) in [5, 5.41) is 6.85. The van der Waals surface area contributed by atoms with Gasteiger partial charge in [0.2, 0.25) is 17.7 Å². The molecule has 3 heterocycles. The van der Waals surface area contributed by atoms with Crippen LogP contribution in [0.1, 0.15) is 45.1 Å². The predicted octanol–water partition coefficient (Wildman–Crippen LogP) is 4.89. The van der Waals surface area contributed by atoms with Gasteiger partial charge in [-0.1, -0.05) is 80.8 Å². The first-order chi connectivity index (χ1) is 21.2. The fourth-order valence-corrected chi connectivity index (χ4v) is 7.93. The number of fused-ring (bicyclic) bond motifs is 1. The number of benzene rings is 2. The monoisotopic (exact) mass is 618 g/mol. The lowest BCUT2D eigenvalue weighted by molar-refractivity contribution is -0.141. The summed E-state index contributed by atoms with van der Waals surface area (Å²) in [5.74, 6) is -1.32. The number of likely N-dealkylation sites (tertiary alicyclic amines) is 1. The van der Waals surface area contributed by atoms with E-state index in [2.05, 4.69) is 48.6 Å². The molecule has 0 aromatic heterocycles. The maximum atomic E-state index is 14.3. The van der Waals surface area contributed by atoms with Crippen LogP contribution in [0.5, 0.6) is 0 Å². The van der Waals surface area contributed by atoms with Gasteiger partial charge in [-0.2, -0.15) is 0 Å². The van der Waals surface area contributed by atoms with Crippen LogP contribution in [0, 0.1) is 23.7 Å². The van der Waals surface area contributed by atoms with Crippen molar-refractivity contribution in [2.45, 2.75) is 69.9 Å². The van der Waals surface area contributed by atoms with Crippen molar-refractivity contribution in [3.63, 3.8) is 0 Å². The van der Waals surface area contributed by atoms with E-state index in [1.165, 1.54) is 5.56 Å². The quantitative estimate of drug-likeness (QED) is 0.370. The summed E-state index contributed by atoms with van der Waals surface area (Å²) in [7, 11) is 2.06. The van der Waals surface area contributed by atoms with Gasteiger partial charge in [0.1, 0.15) is 11.6 Å². The number of rotatable bonds is 10. The second-order valence-corrected chi connectivity index (χ2v) is 13.6. The summed E-state index contributed by atoms with van der Waals surface area (Å²) >= 11 is 6.04. The van der Waals surface area contributed by atoms with Gasteiger partial charge in [-0.15, -0.1) is 0 Å². The van der Waals surface area contributed by atoms with Gasteiger partial charge in [-0.25, -0.2) is 0 Å². The molecule has 1 spiro atoms. The fourth-order valence-electron chi connectivity index (χ4n) is 7.80. The molecule has 2 aromatic carbocycles. The third kappa shape index (κ3) is 5.80. The molecule has 0 radical (unpaired) electrons. The molecule has 44 heavy (non-hydrogen) atoms. The third-order valence-corrected chi connectivity index (χ3v) is 10.6. The first-order valence-electron chi connectivity index (χ1n) is 15.9. The highest BCUT2D eigenvalue weighted by molar-refractivity contribution is 6.30. The Balaban J connectivity index is 1.22. The zero-order valence-corrected chi connectivity index (χ0v) is 26.5. The van der Waals surface area contributed by atoms with Crippen molar-refractivity contribution in [1.82, 2.24) is 15.1 Å². The Kier molecular flexibility index (Phi) is 8.86. The summed E-state index contributed by atoms with van der Waals surface area (Å²) in [6.45, 7) is 6.39. The average Bonchev–Trinajstić information content (AvgIpc) is 3.64. The van der Waals surface area contributed by atoms with Gasteiger partial charge >= 0.3 is 0 Å². The molecule has 6 rings (SSSR count). The molecule has 2 N–H and O–H groups in total. The largest absolute Gasteiger partial charge is 0.359 e. The Morgan fingerprint density at radius 1 is 1.07 bits per heavy atom. The average molecular weight is 619 g/mol. The van der Waals surface area contributed by atoms with Crippen LogP contribution in [0.2, 0.25) is 5.02 Å². The first kappa shape index (κ1) is 30.8. The lowest BCUT2D eigenvalue weighted by Crippen LogP contribution is -2.58. The highest BCUT2D eigenvalue weighted by Gasteiger charge is 2.72. The van der Waals surface area contributed by atoms with Gasteiger partial charge in [-0.05, 0) is 68.1 Å². The highest BCUT2D eigenvalue weighted by Crippen LogP contribution is 2.55. The Bertz CT molecular complexity index is 1400. The summed E-state index contributed by atoms with van der Waals surface area (Å²) in [5.41, 5.74) is 0.644. The molecule has 3 aliphatic heterocycles. The van der Waals surface area contributed by atoms with Gasteiger partial charge in [0.05, 0.1) is 17.9 Å². The zero-order chi connectivity index (χ0) is 31.0. The smallest absolute Gasteiger partial charge is 0.246 e. The normalized spacial score (nSPS) is 32.2. The summed E-state index contributed by atoms with van der Waals surface area (Å²) < 4.78 is 6.53. The van der Waals surface area contributed by atoms with Crippen LogP contribution in [-0.4, -0.2) is 71.4 Å². The second-order valence-electron chi connectivity index (χ2n) is 13.2. The molecule has 3 fully saturated rings. The van der Waals surface area contributed by atoms with Gasteiger partial charge in [0.25, 0.3) is 0 Å². The van der Waals surface area contributed by atoms with Crippen molar-refractivity contribution < 1.29 is 19.1 Å². The molecule has 1 saturated carbocycles. The van der Waals surface area contributed by atoms with E-state index < -0.39 is 29.6 Å². The number of halogens is 1. The molecule has 4 aliphatic rings. The van der Waals surface area contributed by atoms with Crippen LogP contribution in [0.3, 0.4) is 0 Å². The van der Waals surface area contributed by atoms with Gasteiger partial charge in [-0.3, -0.25) is 14.4 Å². The van der Waals surface area contributed by atoms with E-state index in [-0.39, 0.29) is 23.8 Å². The van der Waals surface area contributed by atoms with Crippen molar-refractivity contribution in [3.05, 3.63) is 77.3 Å². The molecular formula is C35H43ClN4O4. The summed E-state index contributed by atoms with van der Waals surface area (Å²) in [4.78, 5) is 46.1. The molecule has 8 atom stereocenters. The van der Waals surface area contributed by atoms with E-state index in [0.717, 1.165) is 32.4 Å². The Morgan fingerprint density at radius 3 is 2.57 bits per heavy atom. The molecule has 8 nitrogen and oxygen atoms in total. The summed E-state index contributed by atoms with van der Waals surface area (Å²) in [6, 6.07) is 16.4. The summed E-state index contributed by atoms with van der Waals surface area (Å²) in [6.07, 6.45) is 7.00. The minimum Gasteiger partial charge on any atom is -0.359 e. The lowest BCUT2D eigenvalue weighted by atomic mass is 9.73. The number of hydrogen-bond acceptors (Lipinski definition) is 5. The Hall–Kier alpha value is -3.20. The number of ether oxygens (including phenoxy) is 1. The van der Waals surface area contributed by atoms with Gasteiger partial charge in [0.15, 0.2) is 0 Å². The van der Waals surface area contributed by atoms with Crippen molar-refractivity contribution in [1.29, 1.82) is 0 Å². The fraction of sp³-hybridized carbons (Fsp3) is 0.514. The van der Waals surface area contributed by atoms with Crippen LogP contribution in [-0.2, 0) is 25.7 Å². The minimum absolute atomic E-state index is 0.0437. The van der Waals surface area contributed by atoms with E-state index in [0.29, 0.717) is 35.5 Å². The Morgan fingerprint density at radius 2 is 1.82 bits per heavy atom. The van der Waals surface area contributed by atoms with Crippen LogP contribution in [0.15, 0.2) is 66.7 Å². The zero-order valence-electron chi connectivity index (χ0n) is 25.7. The SMILES string of the molecule is C[C@H]1[C@H](C)CCC[C@@H]1NC(=O)[C@@H]1N(CCCN(C)Cc2ccccc2)C(=O)[C@@H]2[C@@H](C(=O)Nc3ccc(Cl)cc3)[C@@H]3C=C[C@]21O3. The van der Waals surface area contributed by atoms with E-state index in [9.17, 15) is 14.4 Å². The first-order valence-corrected chi connectivity index (χ1v) is 16.3. The van der Waals surface area contributed by atoms with Crippen LogP contribution in [0.4, 0.5) is 5.69 Å². The lowest BCUT2D eigenvalue weighted by Gasteiger charge is -2.38. The van der Waals surface area contributed by atoms with Gasteiger partial charge < -0.3 is 25.2 Å². The highest BCUT2D eigenvalue weighted by atomic mass is 35.5. The number of carbonyl (C=O) groups excluding carboxylic acids is 3. The maximum absolute atomic E-state index is 14.3. The van der Waals surface area contributed by atoms with Crippen LogP contribution >= 0.6 is 11.6 Å². The van der Waals surface area contributed by atoms with E-state index in [1.807, 2.05) is 30.4 Å². The molecule has 9 heteroatoms. The van der Waals surface area contributed by atoms with Crippen molar-refractivity contribution >= 4 is 35.0 Å². The second kappa shape index (κ2) is 12.7. The number of hydrogen-bond donors (Lipinski definition) is 2. The van der Waals surface area contributed by atoms with E-state index in [4.69, 9.17) is 16.3 Å². The number of nitrogens with one attached hydrogen (secondary N) is 2. The van der Waals surface area contributed by atoms with Crippen LogP contribution < -0.4 is 10.6 Å². The number of carbonyl (C=O) groups is 3. The molecule has 3 amide bonds. The van der Waals surface area contributed by atoms with Crippen molar-refractivity contribution in [3.8, 4) is 0 Å². The molecule has 2 saturated heterocycles. The Labute approximate surface area is 265 Å². The third-order valence-electron chi connectivity index (χ3n) is 10.3. The molecule has 0 unspecified atom stereocenters. The van der Waals surface area contributed by atoms with E-state index in [1.54, 1.807) is 29.2 Å². The van der Waals surface area contributed by atoms with Crippen molar-refractivity contribution in [2.24, 2.45) is 23.7 Å². The minimum atomic E-state index is -1.17. The topological polar surface area (TPSA) is 91.0 Å². The molecule has 2 aromatic rings. The van der Waals surface area contributed by atoms with E-state index >= 15 is 0 Å². The van der Waals surface area contributed by atoms with Gasteiger partial charge in [0, 0.05) is 29.8 Å². The molecule has 1 aliphatic carbocycles. The molecular weight excluding hydrogens is 576 g/mol. The maximum Gasteiger partial charge on any atom is 0.246 e. The number of anilines is 1. The number of amides is 3. The molecule has 234 valence electrons. The molecule has 2 bridgehead atoms. The predicted molar refractivity (Wildman–Crippen MR) is 171 cm³/mol. The standard InChI is InChI=1S/C35H43ClN4O4/c1-22-9-7-12-27(23(22)2)38-33(42)31-35-18-17-28(44-35)29(32(41)37-26-15-13-25(36)14-16-26)30(35)34(43)40(31)20-8-19-39(3)21-24-10-5-4-6-11-24/h4-6,10-11,13-18,22-23,27-31H,7-9,12,19-21H2,1-3H3,(H,37,41)(H,38,42)/t22-,23+,27+,28+,29+,30+,31+,35+/m1/s1. The van der Waals surface area contributed by atoms with Crippen LogP contribution in [0.25, 0.3) is 0 Å². The van der Waals surface area contributed by atoms with Crippen molar-refractivity contribution in [2.75, 3.05) is 25.5 Å².